The number of carbonyl (C=O) groups excluding carboxylic acids is 2. The molecule has 0 aromatic heterocycles. The highest BCUT2D eigenvalue weighted by molar-refractivity contribution is 7.47. The lowest BCUT2D eigenvalue weighted by Gasteiger charge is -2.38. The van der Waals surface area contributed by atoms with Crippen LogP contribution in [-0.2, 0) is 39.1 Å². The normalized spacial score (nSPS) is 16.4. The van der Waals surface area contributed by atoms with E-state index in [2.05, 4.69) is 13.8 Å². The second-order valence-corrected chi connectivity index (χ2v) is 19.7. The summed E-state index contributed by atoms with van der Waals surface area (Å²) in [7, 11) is -4.55. The Labute approximate surface area is 372 Å². The third-order valence-corrected chi connectivity index (χ3v) is 13.6. The number of esters is 2. The van der Waals surface area contributed by atoms with Crippen molar-refractivity contribution in [2.45, 2.75) is 252 Å². The van der Waals surface area contributed by atoms with Crippen molar-refractivity contribution in [3.63, 3.8) is 0 Å². The molecule has 1 aliphatic rings. The Kier molecular flexibility index (Phi) is 29.3. The summed E-state index contributed by atoms with van der Waals surface area (Å²) in [5, 5.41) is 10.5. The topological polar surface area (TPSA) is 138 Å². The summed E-state index contributed by atoms with van der Waals surface area (Å²) >= 11 is 0. The number of phosphoric ester groups is 1. The van der Waals surface area contributed by atoms with Crippen LogP contribution >= 0.6 is 7.82 Å². The first-order valence-corrected chi connectivity index (χ1v) is 26.3. The zero-order chi connectivity index (χ0) is 44.8. The number of aromatic hydroxyl groups is 1. The van der Waals surface area contributed by atoms with Gasteiger partial charge in [-0.2, -0.15) is 0 Å². The molecule has 3 atom stereocenters. The SMILES string of the molecule is CCCCCCCCCCCCCCCCCC(=O)O[C@H](COC(=O)CCCCCCCCCCCCC)COP(=O)(O)OCCC1(C)CCc2c(C)c(O)c(C)c(C)c2O1. The summed E-state index contributed by atoms with van der Waals surface area (Å²) in [5.74, 6) is 0.200. The number of benzene rings is 1. The quantitative estimate of drug-likeness (QED) is 0.0375. The van der Waals surface area contributed by atoms with Gasteiger partial charge in [0, 0.05) is 24.8 Å². The van der Waals surface area contributed by atoms with Crippen LogP contribution in [0.25, 0.3) is 0 Å². The Balaban J connectivity index is 1.77. The van der Waals surface area contributed by atoms with Gasteiger partial charge < -0.3 is 24.2 Å². The number of ether oxygens (including phenoxy) is 3. The van der Waals surface area contributed by atoms with Crippen molar-refractivity contribution in [1.82, 2.24) is 0 Å². The van der Waals surface area contributed by atoms with Crippen LogP contribution in [0.15, 0.2) is 0 Å². The summed E-state index contributed by atoms with van der Waals surface area (Å²) < 4.78 is 41.3. The van der Waals surface area contributed by atoms with Gasteiger partial charge >= 0.3 is 19.8 Å². The van der Waals surface area contributed by atoms with Crippen LogP contribution in [0.1, 0.15) is 236 Å². The number of rotatable bonds is 38. The highest BCUT2D eigenvalue weighted by atomic mass is 31.2. The molecule has 2 N–H and O–H groups in total. The molecule has 1 aliphatic heterocycles. The Hall–Kier alpha value is -2.13. The van der Waals surface area contributed by atoms with Gasteiger partial charge in [-0.1, -0.05) is 168 Å². The molecule has 11 heteroatoms. The Morgan fingerprint density at radius 2 is 1.08 bits per heavy atom. The van der Waals surface area contributed by atoms with Crippen LogP contribution in [0.4, 0.5) is 0 Å². The summed E-state index contributed by atoms with van der Waals surface area (Å²) in [5.41, 5.74) is 2.79. The van der Waals surface area contributed by atoms with Gasteiger partial charge in [0.1, 0.15) is 23.7 Å². The second-order valence-electron chi connectivity index (χ2n) is 18.2. The Morgan fingerprint density at radius 1 is 0.639 bits per heavy atom. The summed E-state index contributed by atoms with van der Waals surface area (Å²) in [6, 6.07) is 0. The minimum atomic E-state index is -4.55. The molecule has 354 valence electrons. The van der Waals surface area contributed by atoms with Crippen LogP contribution in [0, 0.1) is 20.8 Å². The van der Waals surface area contributed by atoms with E-state index in [1.54, 1.807) is 0 Å². The number of fused-ring (bicyclic) bond motifs is 1. The molecule has 0 spiro atoms. The maximum atomic E-state index is 13.0. The van der Waals surface area contributed by atoms with Crippen LogP contribution < -0.4 is 4.74 Å². The van der Waals surface area contributed by atoms with Crippen molar-refractivity contribution in [1.29, 1.82) is 0 Å². The number of hydrogen-bond acceptors (Lipinski definition) is 9. The van der Waals surface area contributed by atoms with Gasteiger partial charge in [-0.3, -0.25) is 18.6 Å². The molecule has 0 saturated heterocycles. The van der Waals surface area contributed by atoms with Crippen LogP contribution in [0.3, 0.4) is 0 Å². The number of unbranched alkanes of at least 4 members (excludes halogenated alkanes) is 24. The zero-order valence-electron chi connectivity index (χ0n) is 39.7. The summed E-state index contributed by atoms with van der Waals surface area (Å²) in [6.07, 6.45) is 32.6. The van der Waals surface area contributed by atoms with E-state index in [0.717, 1.165) is 66.5 Å². The molecule has 10 nitrogen and oxygen atoms in total. The average molecular weight is 881 g/mol. The van der Waals surface area contributed by atoms with Crippen molar-refractivity contribution in [2.24, 2.45) is 0 Å². The fourth-order valence-electron chi connectivity index (χ4n) is 8.26. The lowest BCUT2D eigenvalue weighted by molar-refractivity contribution is -0.161. The van der Waals surface area contributed by atoms with E-state index >= 15 is 0 Å². The summed E-state index contributed by atoms with van der Waals surface area (Å²) in [6.45, 7) is 11.3. The molecule has 1 aromatic carbocycles. The average Bonchev–Trinajstić information content (AvgIpc) is 3.23. The molecule has 0 aliphatic carbocycles. The van der Waals surface area contributed by atoms with Gasteiger partial charge in [-0.15, -0.1) is 0 Å². The largest absolute Gasteiger partial charge is 0.507 e. The number of phenols is 1. The van der Waals surface area contributed by atoms with E-state index in [4.69, 9.17) is 23.3 Å². The van der Waals surface area contributed by atoms with Crippen molar-refractivity contribution >= 4 is 19.8 Å². The standard InChI is InChI=1S/C50H89O10P/c1-7-9-11-13-15-17-19-20-21-22-24-26-28-30-32-34-47(52)59-44(39-56-46(51)33-31-29-27-25-23-18-16-14-12-10-8-2)40-58-61(54,55)57-38-37-50(6)36-35-45-43(5)48(53)41(3)42(4)49(45)60-50/h44,53H,7-40H2,1-6H3,(H,54,55)/t44-,50?/m1/s1. The maximum Gasteiger partial charge on any atom is 0.472 e. The molecule has 0 radical (unpaired) electrons. The van der Waals surface area contributed by atoms with Crippen LogP contribution in [-0.4, -0.2) is 53.5 Å². The predicted molar refractivity (Wildman–Crippen MR) is 247 cm³/mol. The number of hydrogen-bond donors (Lipinski definition) is 2. The van der Waals surface area contributed by atoms with E-state index in [-0.39, 0.29) is 32.0 Å². The molecule has 0 bridgehead atoms. The molecule has 0 saturated carbocycles. The van der Waals surface area contributed by atoms with E-state index < -0.39 is 32.1 Å². The molecular weight excluding hydrogens is 792 g/mol. The van der Waals surface area contributed by atoms with E-state index in [0.29, 0.717) is 31.4 Å². The molecule has 1 heterocycles. The minimum absolute atomic E-state index is 0.105. The molecule has 0 amide bonds. The van der Waals surface area contributed by atoms with Gasteiger partial charge in [-0.05, 0) is 70.1 Å². The third-order valence-electron chi connectivity index (χ3n) is 12.6. The Bertz CT molecular complexity index is 1400. The summed E-state index contributed by atoms with van der Waals surface area (Å²) in [4.78, 5) is 36.1. The van der Waals surface area contributed by atoms with Crippen LogP contribution in [0.5, 0.6) is 11.5 Å². The smallest absolute Gasteiger partial charge is 0.472 e. The third kappa shape index (κ3) is 24.5. The lowest BCUT2D eigenvalue weighted by Crippen LogP contribution is -2.38. The number of phosphoric acid groups is 1. The lowest BCUT2D eigenvalue weighted by atomic mass is 9.86. The van der Waals surface area contributed by atoms with E-state index in [1.807, 2.05) is 27.7 Å². The second kappa shape index (κ2) is 32.5. The molecule has 2 rings (SSSR count). The Morgan fingerprint density at radius 3 is 1.56 bits per heavy atom. The zero-order valence-corrected chi connectivity index (χ0v) is 40.6. The van der Waals surface area contributed by atoms with Gasteiger partial charge in [0.15, 0.2) is 6.10 Å². The predicted octanol–water partition coefficient (Wildman–Crippen LogP) is 14.3. The van der Waals surface area contributed by atoms with Gasteiger partial charge in [-0.25, -0.2) is 4.57 Å². The van der Waals surface area contributed by atoms with Crippen molar-refractivity contribution in [3.05, 3.63) is 22.3 Å². The van der Waals surface area contributed by atoms with Crippen molar-refractivity contribution in [2.75, 3.05) is 19.8 Å². The highest BCUT2D eigenvalue weighted by Crippen LogP contribution is 2.46. The number of carbonyl (C=O) groups is 2. The molecular formula is C50H89O10P. The van der Waals surface area contributed by atoms with Gasteiger partial charge in [0.2, 0.25) is 0 Å². The fourth-order valence-corrected chi connectivity index (χ4v) is 9.01. The highest BCUT2D eigenvalue weighted by Gasteiger charge is 2.36. The monoisotopic (exact) mass is 881 g/mol. The minimum Gasteiger partial charge on any atom is -0.507 e. The molecule has 61 heavy (non-hydrogen) atoms. The van der Waals surface area contributed by atoms with Crippen molar-refractivity contribution in [3.8, 4) is 11.5 Å². The van der Waals surface area contributed by atoms with Crippen molar-refractivity contribution < 1.29 is 47.4 Å². The maximum absolute atomic E-state index is 13.0. The van der Waals surface area contributed by atoms with Gasteiger partial charge in [0.05, 0.1) is 13.2 Å². The molecule has 2 unspecified atom stereocenters. The van der Waals surface area contributed by atoms with E-state index in [9.17, 15) is 24.2 Å². The van der Waals surface area contributed by atoms with E-state index in [1.165, 1.54) is 122 Å². The molecule has 0 fully saturated rings. The first-order chi connectivity index (χ1) is 29.3. The van der Waals surface area contributed by atoms with Crippen LogP contribution in [0.2, 0.25) is 0 Å². The molecule has 1 aromatic rings. The van der Waals surface area contributed by atoms with Gasteiger partial charge in [0.25, 0.3) is 0 Å². The number of phenolic OH excluding ortho intramolecular Hbond substituents is 1. The first kappa shape index (κ1) is 55.0. The fraction of sp³-hybridized carbons (Fsp3) is 0.840. The first-order valence-electron chi connectivity index (χ1n) is 24.8.